The average Bonchev–Trinajstić information content (AvgIpc) is 2.91. The van der Waals surface area contributed by atoms with Gasteiger partial charge in [0.2, 0.25) is 0 Å². The Morgan fingerprint density at radius 2 is 2.05 bits per heavy atom. The Hall–Kier alpha value is -2.27. The standard InChI is InChI=1S/C17H15BrN2O2/c18-12-5-6-14(17(21)22)16(9-12)19-8-7-11-10-20-15-4-2-1-3-13(11)15/h1-6,9-10,19-20H,7-8H2,(H,21,22). The zero-order valence-electron chi connectivity index (χ0n) is 11.8. The van der Waals surface area contributed by atoms with Gasteiger partial charge in [0.25, 0.3) is 0 Å². The Balaban J connectivity index is 1.73. The highest BCUT2D eigenvalue weighted by Crippen LogP contribution is 2.22. The third-order valence-corrected chi connectivity index (χ3v) is 4.09. The molecule has 0 amide bonds. The Morgan fingerprint density at radius 1 is 1.23 bits per heavy atom. The number of carboxylic acid groups (broad SMARTS) is 1. The number of hydrogen-bond acceptors (Lipinski definition) is 2. The molecule has 0 aliphatic rings. The molecule has 4 nitrogen and oxygen atoms in total. The second-order valence-electron chi connectivity index (χ2n) is 5.03. The van der Waals surface area contributed by atoms with Crippen molar-refractivity contribution in [3.05, 3.63) is 64.3 Å². The molecule has 0 unspecified atom stereocenters. The highest BCUT2D eigenvalue weighted by molar-refractivity contribution is 9.10. The molecule has 0 fully saturated rings. The van der Waals surface area contributed by atoms with Gasteiger partial charge in [0.1, 0.15) is 0 Å². The molecule has 3 N–H and O–H groups in total. The lowest BCUT2D eigenvalue weighted by Crippen LogP contribution is -2.09. The first kappa shape index (κ1) is 14.7. The van der Waals surface area contributed by atoms with Crippen LogP contribution in [0.4, 0.5) is 5.69 Å². The molecule has 0 atom stereocenters. The van der Waals surface area contributed by atoms with Crippen molar-refractivity contribution >= 4 is 38.5 Å². The van der Waals surface area contributed by atoms with E-state index in [0.29, 0.717) is 12.2 Å². The lowest BCUT2D eigenvalue weighted by atomic mass is 10.1. The molecule has 0 radical (unpaired) electrons. The van der Waals surface area contributed by atoms with Crippen LogP contribution in [-0.4, -0.2) is 22.6 Å². The zero-order valence-corrected chi connectivity index (χ0v) is 13.4. The highest BCUT2D eigenvalue weighted by atomic mass is 79.9. The van der Waals surface area contributed by atoms with Crippen LogP contribution in [0.15, 0.2) is 53.1 Å². The fraction of sp³-hybridized carbons (Fsp3) is 0.118. The number of carboxylic acids is 1. The van der Waals surface area contributed by atoms with Crippen LogP contribution in [0.1, 0.15) is 15.9 Å². The van der Waals surface area contributed by atoms with E-state index in [9.17, 15) is 9.90 Å². The van der Waals surface area contributed by atoms with E-state index in [-0.39, 0.29) is 5.56 Å². The van der Waals surface area contributed by atoms with Gasteiger partial charge in [0, 0.05) is 33.8 Å². The SMILES string of the molecule is O=C(O)c1ccc(Br)cc1NCCc1c[nH]c2ccccc12. The smallest absolute Gasteiger partial charge is 0.337 e. The second kappa shape index (κ2) is 6.23. The first-order valence-corrected chi connectivity index (χ1v) is 7.76. The molecule has 0 spiro atoms. The number of halogens is 1. The van der Waals surface area contributed by atoms with Gasteiger partial charge in [-0.25, -0.2) is 4.79 Å². The van der Waals surface area contributed by atoms with Gasteiger partial charge in [0.15, 0.2) is 0 Å². The summed E-state index contributed by atoms with van der Waals surface area (Å²) in [6.07, 6.45) is 2.82. The molecule has 0 bridgehead atoms. The molecule has 1 aromatic heterocycles. The molecule has 2 aromatic carbocycles. The van der Waals surface area contributed by atoms with E-state index in [1.165, 1.54) is 10.9 Å². The lowest BCUT2D eigenvalue weighted by molar-refractivity contribution is 0.0698. The summed E-state index contributed by atoms with van der Waals surface area (Å²) in [4.78, 5) is 14.5. The van der Waals surface area contributed by atoms with Gasteiger partial charge in [-0.05, 0) is 36.2 Å². The number of aromatic carboxylic acids is 1. The van der Waals surface area contributed by atoms with E-state index in [0.717, 1.165) is 16.4 Å². The van der Waals surface area contributed by atoms with Crippen molar-refractivity contribution in [3.63, 3.8) is 0 Å². The Labute approximate surface area is 136 Å². The van der Waals surface area contributed by atoms with E-state index in [1.54, 1.807) is 18.2 Å². The van der Waals surface area contributed by atoms with E-state index in [1.807, 2.05) is 24.4 Å². The lowest BCUT2D eigenvalue weighted by Gasteiger charge is -2.10. The molecule has 0 saturated heterocycles. The van der Waals surface area contributed by atoms with Crippen molar-refractivity contribution in [1.29, 1.82) is 0 Å². The second-order valence-corrected chi connectivity index (χ2v) is 5.95. The van der Waals surface area contributed by atoms with E-state index < -0.39 is 5.97 Å². The summed E-state index contributed by atoms with van der Waals surface area (Å²) in [5, 5.41) is 13.6. The van der Waals surface area contributed by atoms with Crippen LogP contribution in [0, 0.1) is 0 Å². The summed E-state index contributed by atoms with van der Waals surface area (Å²) in [6, 6.07) is 13.3. The Morgan fingerprint density at radius 3 is 2.86 bits per heavy atom. The highest BCUT2D eigenvalue weighted by Gasteiger charge is 2.10. The molecular formula is C17H15BrN2O2. The van der Waals surface area contributed by atoms with Gasteiger partial charge in [-0.15, -0.1) is 0 Å². The number of nitrogens with one attached hydrogen (secondary N) is 2. The summed E-state index contributed by atoms with van der Waals surface area (Å²) in [5.41, 5.74) is 3.24. The quantitative estimate of drug-likeness (QED) is 0.637. The van der Waals surface area contributed by atoms with Gasteiger partial charge in [-0.3, -0.25) is 0 Å². The normalized spacial score (nSPS) is 10.8. The predicted molar refractivity (Wildman–Crippen MR) is 91.6 cm³/mol. The van der Waals surface area contributed by atoms with Gasteiger partial charge in [0.05, 0.1) is 5.56 Å². The number of benzene rings is 2. The molecule has 112 valence electrons. The van der Waals surface area contributed by atoms with Crippen LogP contribution in [0.2, 0.25) is 0 Å². The van der Waals surface area contributed by atoms with Crippen molar-refractivity contribution < 1.29 is 9.90 Å². The van der Waals surface area contributed by atoms with Gasteiger partial charge in [-0.2, -0.15) is 0 Å². The third kappa shape index (κ3) is 2.99. The summed E-state index contributed by atoms with van der Waals surface area (Å²) < 4.78 is 0.854. The zero-order chi connectivity index (χ0) is 15.5. The molecule has 22 heavy (non-hydrogen) atoms. The number of anilines is 1. The first-order chi connectivity index (χ1) is 10.6. The summed E-state index contributed by atoms with van der Waals surface area (Å²) >= 11 is 3.37. The topological polar surface area (TPSA) is 65.1 Å². The molecule has 0 saturated carbocycles. The van der Waals surface area contributed by atoms with Crippen LogP contribution < -0.4 is 5.32 Å². The minimum atomic E-state index is -0.929. The van der Waals surface area contributed by atoms with Crippen LogP contribution >= 0.6 is 15.9 Å². The number of rotatable bonds is 5. The molecule has 0 aliphatic carbocycles. The maximum Gasteiger partial charge on any atom is 0.337 e. The van der Waals surface area contributed by atoms with Crippen molar-refractivity contribution in [3.8, 4) is 0 Å². The molecule has 1 heterocycles. The number of carbonyl (C=O) groups is 1. The van der Waals surface area contributed by atoms with E-state index >= 15 is 0 Å². The molecule has 3 aromatic rings. The summed E-state index contributed by atoms with van der Waals surface area (Å²) in [7, 11) is 0. The molecule has 0 aliphatic heterocycles. The number of fused-ring (bicyclic) bond motifs is 1. The number of para-hydroxylation sites is 1. The number of aromatic nitrogens is 1. The number of hydrogen-bond donors (Lipinski definition) is 3. The third-order valence-electron chi connectivity index (χ3n) is 3.60. The van der Waals surface area contributed by atoms with Crippen molar-refractivity contribution in [2.24, 2.45) is 0 Å². The summed E-state index contributed by atoms with van der Waals surface area (Å²) in [5.74, 6) is -0.929. The van der Waals surface area contributed by atoms with Crippen molar-refractivity contribution in [2.75, 3.05) is 11.9 Å². The van der Waals surface area contributed by atoms with Crippen LogP contribution in [0.25, 0.3) is 10.9 Å². The fourth-order valence-electron chi connectivity index (χ4n) is 2.52. The maximum atomic E-state index is 11.2. The molecule has 3 rings (SSSR count). The fourth-order valence-corrected chi connectivity index (χ4v) is 2.88. The van der Waals surface area contributed by atoms with Gasteiger partial charge in [-0.1, -0.05) is 34.1 Å². The van der Waals surface area contributed by atoms with E-state index in [2.05, 4.69) is 32.3 Å². The minimum absolute atomic E-state index is 0.280. The van der Waals surface area contributed by atoms with Crippen LogP contribution in [0.5, 0.6) is 0 Å². The Bertz CT molecular complexity index is 826. The Kier molecular flexibility index (Phi) is 4.15. The predicted octanol–water partition coefficient (Wildman–Crippen LogP) is 4.28. The monoisotopic (exact) mass is 358 g/mol. The largest absolute Gasteiger partial charge is 0.478 e. The van der Waals surface area contributed by atoms with E-state index in [4.69, 9.17) is 0 Å². The average molecular weight is 359 g/mol. The van der Waals surface area contributed by atoms with Gasteiger partial charge >= 0.3 is 5.97 Å². The minimum Gasteiger partial charge on any atom is -0.478 e. The van der Waals surface area contributed by atoms with Gasteiger partial charge < -0.3 is 15.4 Å². The molecule has 5 heteroatoms. The maximum absolute atomic E-state index is 11.2. The van der Waals surface area contributed by atoms with Crippen LogP contribution in [0.3, 0.4) is 0 Å². The van der Waals surface area contributed by atoms with Crippen LogP contribution in [-0.2, 0) is 6.42 Å². The number of aromatic amines is 1. The molecular weight excluding hydrogens is 344 g/mol. The van der Waals surface area contributed by atoms with Crippen molar-refractivity contribution in [1.82, 2.24) is 4.98 Å². The first-order valence-electron chi connectivity index (χ1n) is 6.97. The summed E-state index contributed by atoms with van der Waals surface area (Å²) in [6.45, 7) is 0.665. The van der Waals surface area contributed by atoms with Crippen molar-refractivity contribution in [2.45, 2.75) is 6.42 Å². The number of H-pyrrole nitrogens is 1.